The fourth-order valence-corrected chi connectivity index (χ4v) is 2.32. The summed E-state index contributed by atoms with van der Waals surface area (Å²) in [4.78, 5) is 11.5. The Labute approximate surface area is 126 Å². The smallest absolute Gasteiger partial charge is 0.423 e. The molecule has 1 aliphatic rings. The van der Waals surface area contributed by atoms with Gasteiger partial charge >= 0.3 is 22.6 Å². The third-order valence-corrected chi connectivity index (χ3v) is 5.11. The fraction of sp³-hybridized carbons (Fsp3) is 0.917. The van der Waals surface area contributed by atoms with Gasteiger partial charge in [0.05, 0.1) is 0 Å². The normalized spacial score (nSPS) is 28.3. The zero-order valence-electron chi connectivity index (χ0n) is 11.3. The SMILES string of the molecule is C[C@H]1CC[C@@H](OC(=O)C(Br)(C(F)(F)F)C(F)(F)F)C[C@@H]1C. The Morgan fingerprint density at radius 3 is 1.86 bits per heavy atom. The molecule has 0 aliphatic heterocycles. The van der Waals surface area contributed by atoms with Crippen LogP contribution >= 0.6 is 15.9 Å². The molecule has 3 atom stereocenters. The Balaban J connectivity index is 2.89. The van der Waals surface area contributed by atoms with E-state index in [4.69, 9.17) is 0 Å². The molecule has 1 aliphatic carbocycles. The van der Waals surface area contributed by atoms with Crippen molar-refractivity contribution in [3.8, 4) is 0 Å². The molecule has 1 rings (SSSR count). The summed E-state index contributed by atoms with van der Waals surface area (Å²) in [5, 5.41) is 0. The largest absolute Gasteiger partial charge is 0.461 e. The van der Waals surface area contributed by atoms with E-state index in [2.05, 4.69) is 4.74 Å². The molecule has 0 unspecified atom stereocenters. The molecule has 1 saturated carbocycles. The number of rotatable bonds is 2. The van der Waals surface area contributed by atoms with Crippen molar-refractivity contribution in [2.45, 2.75) is 55.9 Å². The molecular formula is C12H15BrF6O2. The summed E-state index contributed by atoms with van der Waals surface area (Å²) in [6, 6.07) is 0. The van der Waals surface area contributed by atoms with Crippen LogP contribution in [0, 0.1) is 11.8 Å². The van der Waals surface area contributed by atoms with E-state index in [1.807, 2.05) is 13.8 Å². The van der Waals surface area contributed by atoms with E-state index in [0.717, 1.165) is 0 Å². The van der Waals surface area contributed by atoms with Gasteiger partial charge in [-0.05, 0) is 31.1 Å². The van der Waals surface area contributed by atoms with Gasteiger partial charge in [0.15, 0.2) is 0 Å². The number of halogens is 7. The number of hydrogen-bond acceptors (Lipinski definition) is 2. The summed E-state index contributed by atoms with van der Waals surface area (Å²) < 4.78 is 75.9. The molecular weight excluding hydrogens is 370 g/mol. The standard InChI is InChI=1S/C12H15BrF6O2/c1-6-3-4-8(5-7(6)2)21-9(20)10(13,11(14,15)16)12(17,18)19/h6-8H,3-5H2,1-2H3/t6-,7-,8+/m0/s1. The lowest BCUT2D eigenvalue weighted by Crippen LogP contribution is -2.58. The zero-order valence-corrected chi connectivity index (χ0v) is 12.9. The second-order valence-electron chi connectivity index (χ2n) is 5.45. The van der Waals surface area contributed by atoms with E-state index in [1.54, 1.807) is 0 Å². The van der Waals surface area contributed by atoms with Crippen molar-refractivity contribution >= 4 is 21.9 Å². The molecule has 21 heavy (non-hydrogen) atoms. The highest BCUT2D eigenvalue weighted by Crippen LogP contribution is 2.50. The highest BCUT2D eigenvalue weighted by molar-refractivity contribution is 9.10. The fourth-order valence-electron chi connectivity index (χ4n) is 2.23. The van der Waals surface area contributed by atoms with Crippen molar-refractivity contribution in [2.24, 2.45) is 11.8 Å². The minimum absolute atomic E-state index is 0.0676. The van der Waals surface area contributed by atoms with Crippen molar-refractivity contribution in [3.63, 3.8) is 0 Å². The summed E-state index contributed by atoms with van der Waals surface area (Å²) in [5.41, 5.74) is 0. The van der Waals surface area contributed by atoms with Crippen LogP contribution in [0.15, 0.2) is 0 Å². The van der Waals surface area contributed by atoms with Gasteiger partial charge in [-0.15, -0.1) is 0 Å². The maximum Gasteiger partial charge on any atom is 0.423 e. The molecule has 1 fully saturated rings. The van der Waals surface area contributed by atoms with Gasteiger partial charge in [-0.1, -0.05) is 29.8 Å². The average Bonchev–Trinajstić information content (AvgIpc) is 2.29. The molecule has 0 amide bonds. The van der Waals surface area contributed by atoms with Crippen molar-refractivity contribution in [3.05, 3.63) is 0 Å². The number of hydrogen-bond donors (Lipinski definition) is 0. The van der Waals surface area contributed by atoms with Crippen LogP contribution in [-0.4, -0.2) is 28.8 Å². The molecule has 0 aromatic carbocycles. The first-order valence-corrected chi connectivity index (χ1v) is 7.13. The summed E-state index contributed by atoms with van der Waals surface area (Å²) in [6.45, 7) is 3.75. The zero-order chi connectivity index (χ0) is 16.6. The van der Waals surface area contributed by atoms with E-state index < -0.39 is 28.8 Å². The number of alkyl halides is 7. The maximum absolute atomic E-state index is 12.7. The van der Waals surface area contributed by atoms with Crippen molar-refractivity contribution in [2.75, 3.05) is 0 Å². The van der Waals surface area contributed by atoms with Gasteiger partial charge in [0.1, 0.15) is 6.10 Å². The van der Waals surface area contributed by atoms with Gasteiger partial charge in [0, 0.05) is 0 Å². The van der Waals surface area contributed by atoms with Crippen LogP contribution in [-0.2, 0) is 9.53 Å². The predicted octanol–water partition coefficient (Wildman–Crippen LogP) is 4.61. The number of ether oxygens (including phenoxy) is 1. The number of esters is 1. The predicted molar refractivity (Wildman–Crippen MR) is 65.8 cm³/mol. The van der Waals surface area contributed by atoms with Gasteiger partial charge in [-0.25, -0.2) is 4.79 Å². The molecule has 0 saturated heterocycles. The Morgan fingerprint density at radius 2 is 1.48 bits per heavy atom. The number of carbonyl (C=O) groups excluding carboxylic acids is 1. The molecule has 0 radical (unpaired) electrons. The van der Waals surface area contributed by atoms with Crippen LogP contribution in [0.5, 0.6) is 0 Å². The summed E-state index contributed by atoms with van der Waals surface area (Å²) in [5.74, 6) is -1.99. The molecule has 0 bridgehead atoms. The quantitative estimate of drug-likeness (QED) is 0.394. The highest BCUT2D eigenvalue weighted by atomic mass is 79.9. The van der Waals surface area contributed by atoms with Crippen LogP contribution in [0.3, 0.4) is 0 Å². The van der Waals surface area contributed by atoms with Crippen LogP contribution in [0.2, 0.25) is 0 Å². The van der Waals surface area contributed by atoms with Gasteiger partial charge in [0.25, 0.3) is 0 Å². The lowest BCUT2D eigenvalue weighted by atomic mass is 9.80. The van der Waals surface area contributed by atoms with Crippen LogP contribution < -0.4 is 0 Å². The Bertz CT molecular complexity index is 378. The first-order valence-electron chi connectivity index (χ1n) is 6.34. The van der Waals surface area contributed by atoms with Crippen molar-refractivity contribution in [1.82, 2.24) is 0 Å². The Kier molecular flexibility index (Phi) is 5.28. The first-order chi connectivity index (χ1) is 9.30. The maximum atomic E-state index is 12.7. The second-order valence-corrected chi connectivity index (χ2v) is 6.64. The third kappa shape index (κ3) is 3.65. The second kappa shape index (κ2) is 5.96. The summed E-state index contributed by atoms with van der Waals surface area (Å²) in [6.07, 6.45) is -11.5. The van der Waals surface area contributed by atoms with Gasteiger partial charge in [0.2, 0.25) is 0 Å². The first kappa shape index (κ1) is 18.6. The highest BCUT2D eigenvalue weighted by Gasteiger charge is 2.76. The van der Waals surface area contributed by atoms with Gasteiger partial charge in [-0.3, -0.25) is 0 Å². The topological polar surface area (TPSA) is 26.3 Å². The molecule has 9 heteroatoms. The average molecular weight is 385 g/mol. The molecule has 0 N–H and O–H groups in total. The van der Waals surface area contributed by atoms with Crippen LogP contribution in [0.1, 0.15) is 33.1 Å². The third-order valence-electron chi connectivity index (χ3n) is 3.89. The van der Waals surface area contributed by atoms with Crippen LogP contribution in [0.25, 0.3) is 0 Å². The number of carbonyl (C=O) groups is 1. The molecule has 124 valence electrons. The van der Waals surface area contributed by atoms with E-state index >= 15 is 0 Å². The van der Waals surface area contributed by atoms with E-state index in [0.29, 0.717) is 12.3 Å². The molecule has 0 aromatic heterocycles. The minimum Gasteiger partial charge on any atom is -0.461 e. The molecule has 2 nitrogen and oxygen atoms in total. The molecule has 0 aromatic rings. The lowest BCUT2D eigenvalue weighted by Gasteiger charge is -2.35. The summed E-state index contributed by atoms with van der Waals surface area (Å²) in [7, 11) is 0. The Morgan fingerprint density at radius 1 is 1.00 bits per heavy atom. The van der Waals surface area contributed by atoms with E-state index in [-0.39, 0.29) is 18.8 Å². The van der Waals surface area contributed by atoms with Crippen molar-refractivity contribution < 1.29 is 35.9 Å². The van der Waals surface area contributed by atoms with Gasteiger partial charge in [-0.2, -0.15) is 26.3 Å². The molecule has 0 spiro atoms. The monoisotopic (exact) mass is 384 g/mol. The lowest BCUT2D eigenvalue weighted by molar-refractivity contribution is -0.264. The van der Waals surface area contributed by atoms with Crippen molar-refractivity contribution in [1.29, 1.82) is 0 Å². The van der Waals surface area contributed by atoms with E-state index in [9.17, 15) is 31.1 Å². The minimum atomic E-state index is -5.84. The van der Waals surface area contributed by atoms with Crippen LogP contribution in [0.4, 0.5) is 26.3 Å². The van der Waals surface area contributed by atoms with Gasteiger partial charge < -0.3 is 4.74 Å². The molecule has 0 heterocycles. The summed E-state index contributed by atoms with van der Waals surface area (Å²) >= 11 is 1.52. The van der Waals surface area contributed by atoms with E-state index in [1.165, 1.54) is 15.9 Å². The Hall–Kier alpha value is -0.470.